The Morgan fingerprint density at radius 1 is 1.50 bits per heavy atom. The third kappa shape index (κ3) is 2.23. The molecule has 0 radical (unpaired) electrons. The number of hydrogen-bond donors (Lipinski definition) is 1. The Labute approximate surface area is 94.7 Å². The second-order valence-corrected chi connectivity index (χ2v) is 4.56. The van der Waals surface area contributed by atoms with E-state index in [0.717, 1.165) is 16.5 Å². The van der Waals surface area contributed by atoms with Crippen LogP contribution in [-0.4, -0.2) is 20.5 Å². The summed E-state index contributed by atoms with van der Waals surface area (Å²) in [6.07, 6.45) is 7.24. The number of terminal acetylenes is 1. The van der Waals surface area contributed by atoms with Gasteiger partial charge in [0.05, 0.1) is 17.7 Å². The van der Waals surface area contributed by atoms with Gasteiger partial charge in [0.25, 0.3) is 0 Å². The highest BCUT2D eigenvalue weighted by atomic mass is 16.3. The van der Waals surface area contributed by atoms with Crippen LogP contribution < -0.4 is 0 Å². The van der Waals surface area contributed by atoms with Crippen molar-refractivity contribution in [3.8, 4) is 12.3 Å². The molecule has 3 nitrogen and oxygen atoms in total. The van der Waals surface area contributed by atoms with Gasteiger partial charge in [0, 0.05) is 17.1 Å². The zero-order valence-corrected chi connectivity index (χ0v) is 9.44. The minimum absolute atomic E-state index is 0.465. The molecular formula is C13H14N2O. The van der Waals surface area contributed by atoms with Crippen molar-refractivity contribution in [2.75, 3.05) is 0 Å². The standard InChI is InChI=1S/C13H14N2O/c1-4-10-5-6-11-8-15(9-13(2,3)16)14-12(11)7-10/h1,5-8,16H,9H2,2-3H3. The molecule has 16 heavy (non-hydrogen) atoms. The predicted molar refractivity (Wildman–Crippen MR) is 64.0 cm³/mol. The normalized spacial score (nSPS) is 11.6. The number of rotatable bonds is 2. The van der Waals surface area contributed by atoms with Gasteiger partial charge >= 0.3 is 0 Å². The average Bonchev–Trinajstić information content (AvgIpc) is 2.55. The zero-order chi connectivity index (χ0) is 11.8. The van der Waals surface area contributed by atoms with Crippen LogP contribution in [-0.2, 0) is 6.54 Å². The van der Waals surface area contributed by atoms with Crippen LogP contribution in [0.3, 0.4) is 0 Å². The third-order valence-electron chi connectivity index (χ3n) is 2.27. The summed E-state index contributed by atoms with van der Waals surface area (Å²) < 4.78 is 1.74. The fourth-order valence-corrected chi connectivity index (χ4v) is 1.63. The second-order valence-electron chi connectivity index (χ2n) is 4.56. The molecule has 1 heterocycles. The molecule has 0 saturated carbocycles. The lowest BCUT2D eigenvalue weighted by Crippen LogP contribution is -2.26. The van der Waals surface area contributed by atoms with Crippen molar-refractivity contribution in [2.24, 2.45) is 0 Å². The predicted octanol–water partition coefficient (Wildman–Crippen LogP) is 1.79. The van der Waals surface area contributed by atoms with Crippen molar-refractivity contribution in [1.82, 2.24) is 9.78 Å². The summed E-state index contributed by atoms with van der Waals surface area (Å²) in [5.74, 6) is 2.58. The van der Waals surface area contributed by atoms with E-state index in [9.17, 15) is 5.11 Å². The SMILES string of the molecule is C#Cc1ccc2cn(CC(C)(C)O)nc2c1. The van der Waals surface area contributed by atoms with Gasteiger partial charge in [-0.05, 0) is 32.0 Å². The molecule has 3 heteroatoms. The number of aromatic nitrogens is 2. The van der Waals surface area contributed by atoms with E-state index in [0.29, 0.717) is 6.54 Å². The van der Waals surface area contributed by atoms with E-state index in [-0.39, 0.29) is 0 Å². The minimum Gasteiger partial charge on any atom is -0.389 e. The van der Waals surface area contributed by atoms with E-state index in [1.165, 1.54) is 0 Å². The van der Waals surface area contributed by atoms with Crippen molar-refractivity contribution in [2.45, 2.75) is 26.0 Å². The Balaban J connectivity index is 2.41. The van der Waals surface area contributed by atoms with E-state index in [1.54, 1.807) is 18.5 Å². The van der Waals surface area contributed by atoms with Gasteiger partial charge in [-0.25, -0.2) is 0 Å². The topological polar surface area (TPSA) is 38.0 Å². The monoisotopic (exact) mass is 214 g/mol. The first-order valence-electron chi connectivity index (χ1n) is 5.14. The fraction of sp³-hybridized carbons (Fsp3) is 0.308. The number of hydrogen-bond acceptors (Lipinski definition) is 2. The molecule has 0 unspecified atom stereocenters. The second kappa shape index (κ2) is 3.66. The largest absolute Gasteiger partial charge is 0.389 e. The molecule has 1 aromatic carbocycles. The molecule has 0 amide bonds. The Bertz CT molecular complexity index is 555. The van der Waals surface area contributed by atoms with Crippen LogP contribution in [0.1, 0.15) is 19.4 Å². The maximum Gasteiger partial charge on any atom is 0.0935 e. The summed E-state index contributed by atoms with van der Waals surface area (Å²) in [6, 6.07) is 5.70. The van der Waals surface area contributed by atoms with E-state index in [1.807, 2.05) is 24.4 Å². The molecular weight excluding hydrogens is 200 g/mol. The van der Waals surface area contributed by atoms with E-state index in [4.69, 9.17) is 6.42 Å². The summed E-state index contributed by atoms with van der Waals surface area (Å²) in [4.78, 5) is 0. The molecule has 0 bridgehead atoms. The number of fused-ring (bicyclic) bond motifs is 1. The molecule has 82 valence electrons. The van der Waals surface area contributed by atoms with Crippen molar-refractivity contribution >= 4 is 10.9 Å². The van der Waals surface area contributed by atoms with Crippen molar-refractivity contribution in [3.05, 3.63) is 30.0 Å². The third-order valence-corrected chi connectivity index (χ3v) is 2.27. The van der Waals surface area contributed by atoms with Crippen LogP contribution in [0, 0.1) is 12.3 Å². The Morgan fingerprint density at radius 2 is 2.25 bits per heavy atom. The van der Waals surface area contributed by atoms with Crippen LogP contribution in [0.4, 0.5) is 0 Å². The van der Waals surface area contributed by atoms with Gasteiger partial charge < -0.3 is 5.11 Å². The molecule has 1 aromatic heterocycles. The number of benzene rings is 1. The molecule has 0 atom stereocenters. The minimum atomic E-state index is -0.767. The summed E-state index contributed by atoms with van der Waals surface area (Å²) in [5, 5.41) is 15.1. The number of nitrogens with zero attached hydrogens (tertiary/aromatic N) is 2. The summed E-state index contributed by atoms with van der Waals surface area (Å²) in [6.45, 7) is 3.98. The lowest BCUT2D eigenvalue weighted by molar-refractivity contribution is 0.0580. The molecule has 0 fully saturated rings. The van der Waals surface area contributed by atoms with Crippen LogP contribution in [0.25, 0.3) is 10.9 Å². The smallest absolute Gasteiger partial charge is 0.0935 e. The first kappa shape index (κ1) is 10.7. The van der Waals surface area contributed by atoms with E-state index in [2.05, 4.69) is 11.0 Å². The molecule has 2 rings (SSSR count). The molecule has 0 aliphatic carbocycles. The Kier molecular flexibility index (Phi) is 2.45. The Morgan fingerprint density at radius 3 is 2.88 bits per heavy atom. The lowest BCUT2D eigenvalue weighted by atomic mass is 10.1. The fourth-order valence-electron chi connectivity index (χ4n) is 1.63. The van der Waals surface area contributed by atoms with E-state index >= 15 is 0 Å². The van der Waals surface area contributed by atoms with E-state index < -0.39 is 5.60 Å². The lowest BCUT2D eigenvalue weighted by Gasteiger charge is -2.16. The quantitative estimate of drug-likeness (QED) is 0.774. The van der Waals surface area contributed by atoms with Crippen molar-refractivity contribution in [1.29, 1.82) is 0 Å². The summed E-state index contributed by atoms with van der Waals surface area (Å²) in [7, 11) is 0. The van der Waals surface area contributed by atoms with Crippen molar-refractivity contribution in [3.63, 3.8) is 0 Å². The molecule has 0 aliphatic heterocycles. The van der Waals surface area contributed by atoms with Crippen LogP contribution in [0.15, 0.2) is 24.4 Å². The van der Waals surface area contributed by atoms with Crippen molar-refractivity contribution < 1.29 is 5.11 Å². The summed E-state index contributed by atoms with van der Waals surface area (Å²) >= 11 is 0. The highest BCUT2D eigenvalue weighted by molar-refractivity contribution is 5.79. The van der Waals surface area contributed by atoms with Crippen LogP contribution >= 0.6 is 0 Å². The first-order valence-corrected chi connectivity index (χ1v) is 5.14. The highest BCUT2D eigenvalue weighted by Gasteiger charge is 2.14. The average molecular weight is 214 g/mol. The van der Waals surface area contributed by atoms with Gasteiger partial charge in [0.1, 0.15) is 0 Å². The summed E-state index contributed by atoms with van der Waals surface area (Å²) in [5.41, 5.74) is 0.914. The molecule has 2 aromatic rings. The van der Waals surface area contributed by atoms with Gasteiger partial charge in [0.15, 0.2) is 0 Å². The molecule has 1 N–H and O–H groups in total. The van der Waals surface area contributed by atoms with Gasteiger partial charge in [-0.1, -0.05) is 5.92 Å². The number of aliphatic hydroxyl groups is 1. The van der Waals surface area contributed by atoms with Crippen LogP contribution in [0.2, 0.25) is 0 Å². The maximum atomic E-state index is 9.70. The maximum absolute atomic E-state index is 9.70. The Hall–Kier alpha value is -1.79. The van der Waals surface area contributed by atoms with Crippen LogP contribution in [0.5, 0.6) is 0 Å². The van der Waals surface area contributed by atoms with Gasteiger partial charge in [-0.3, -0.25) is 4.68 Å². The van der Waals surface area contributed by atoms with Gasteiger partial charge in [-0.2, -0.15) is 5.10 Å². The molecule has 0 aliphatic rings. The highest BCUT2D eigenvalue weighted by Crippen LogP contribution is 2.15. The molecule has 0 saturated heterocycles. The zero-order valence-electron chi connectivity index (χ0n) is 9.44. The van der Waals surface area contributed by atoms with Gasteiger partial charge in [0.2, 0.25) is 0 Å². The first-order chi connectivity index (χ1) is 7.48. The van der Waals surface area contributed by atoms with Gasteiger partial charge in [-0.15, -0.1) is 6.42 Å². The molecule has 0 spiro atoms.